The van der Waals surface area contributed by atoms with Gasteiger partial charge in [0.2, 0.25) is 5.91 Å². The molecule has 0 bridgehead atoms. The zero-order chi connectivity index (χ0) is 25.2. The average Bonchev–Trinajstić information content (AvgIpc) is 2.86. The molecule has 0 atom stereocenters. The van der Waals surface area contributed by atoms with E-state index in [2.05, 4.69) is 10.6 Å². The molecular weight excluding hydrogens is 451 g/mol. The van der Waals surface area contributed by atoms with E-state index >= 15 is 0 Å². The Morgan fingerprint density at radius 1 is 0.829 bits per heavy atom. The van der Waals surface area contributed by atoms with Crippen LogP contribution < -0.4 is 24.8 Å². The molecule has 3 rings (SSSR count). The normalized spacial score (nSPS) is 10.4. The van der Waals surface area contributed by atoms with E-state index < -0.39 is 5.82 Å². The lowest BCUT2D eigenvalue weighted by atomic mass is 10.1. The second kappa shape index (κ2) is 12.4. The molecule has 0 aliphatic carbocycles. The number of methoxy groups -OCH3 is 1. The molecule has 0 unspecified atom stereocenters. The Morgan fingerprint density at radius 2 is 1.46 bits per heavy atom. The Hall–Kier alpha value is -4.07. The van der Waals surface area contributed by atoms with Crippen LogP contribution in [0.25, 0.3) is 0 Å². The van der Waals surface area contributed by atoms with E-state index in [-0.39, 0.29) is 24.0 Å². The minimum absolute atomic E-state index is 0.133. The third kappa shape index (κ3) is 6.96. The molecule has 0 aliphatic rings. The number of nitrogens with one attached hydrogen (secondary N) is 2. The van der Waals surface area contributed by atoms with Crippen molar-refractivity contribution in [2.75, 3.05) is 31.0 Å². The van der Waals surface area contributed by atoms with Crippen molar-refractivity contribution in [2.45, 2.75) is 26.7 Å². The molecule has 0 heterocycles. The highest BCUT2D eigenvalue weighted by molar-refractivity contribution is 6.05. The summed E-state index contributed by atoms with van der Waals surface area (Å²) in [6, 6.07) is 16.7. The molecular formula is C27H29FN2O5. The zero-order valence-corrected chi connectivity index (χ0v) is 20.0. The number of carbonyl (C=O) groups excluding carboxylic acids is 2. The first-order valence-corrected chi connectivity index (χ1v) is 11.4. The lowest BCUT2D eigenvalue weighted by molar-refractivity contribution is -0.116. The number of aryl methyl sites for hydroxylation is 1. The first-order valence-electron chi connectivity index (χ1n) is 11.4. The molecule has 35 heavy (non-hydrogen) atoms. The van der Waals surface area contributed by atoms with Crippen LogP contribution in [-0.2, 0) is 11.2 Å². The number of hydrogen-bond donors (Lipinski definition) is 2. The van der Waals surface area contributed by atoms with Crippen LogP contribution >= 0.6 is 0 Å². The molecule has 0 fully saturated rings. The van der Waals surface area contributed by atoms with Crippen LogP contribution in [0.2, 0.25) is 0 Å². The Balaban J connectivity index is 1.77. The standard InChI is InChI=1S/C27H29FN2O5/c1-4-34-24-17-22(30-27(32)19-9-7-6-8-10-19)25(35-5-2)16-21(24)29-26(31)14-12-18-11-13-23(33-3)20(28)15-18/h6-11,13,15-17H,4-5,12,14H2,1-3H3,(H,29,31)(H,30,32). The predicted molar refractivity (Wildman–Crippen MR) is 133 cm³/mol. The predicted octanol–water partition coefficient (Wildman–Crippen LogP) is 5.46. The topological polar surface area (TPSA) is 85.9 Å². The van der Waals surface area contributed by atoms with Crippen LogP contribution in [0.15, 0.2) is 60.7 Å². The summed E-state index contributed by atoms with van der Waals surface area (Å²) < 4.78 is 30.3. The van der Waals surface area contributed by atoms with Gasteiger partial charge in [0.15, 0.2) is 11.6 Å². The van der Waals surface area contributed by atoms with E-state index in [1.165, 1.54) is 19.2 Å². The van der Waals surface area contributed by atoms with Gasteiger partial charge >= 0.3 is 0 Å². The molecule has 8 heteroatoms. The number of anilines is 2. The molecule has 7 nitrogen and oxygen atoms in total. The molecule has 184 valence electrons. The number of hydrogen-bond acceptors (Lipinski definition) is 5. The highest BCUT2D eigenvalue weighted by Crippen LogP contribution is 2.37. The van der Waals surface area contributed by atoms with Gasteiger partial charge in [-0.3, -0.25) is 9.59 Å². The highest BCUT2D eigenvalue weighted by Gasteiger charge is 2.17. The van der Waals surface area contributed by atoms with Crippen molar-refractivity contribution in [1.29, 1.82) is 0 Å². The number of rotatable bonds is 11. The van der Waals surface area contributed by atoms with Gasteiger partial charge in [0.1, 0.15) is 11.5 Å². The quantitative estimate of drug-likeness (QED) is 0.381. The molecule has 0 saturated carbocycles. The molecule has 3 aromatic rings. The highest BCUT2D eigenvalue weighted by atomic mass is 19.1. The molecule has 0 aromatic heterocycles. The van der Waals surface area contributed by atoms with Gasteiger partial charge in [-0.2, -0.15) is 0 Å². The van der Waals surface area contributed by atoms with Crippen LogP contribution in [-0.4, -0.2) is 32.1 Å². The summed E-state index contributed by atoms with van der Waals surface area (Å²) in [7, 11) is 1.40. The summed E-state index contributed by atoms with van der Waals surface area (Å²) in [4.78, 5) is 25.3. The summed E-state index contributed by atoms with van der Waals surface area (Å²) in [5.41, 5.74) is 2.02. The van der Waals surface area contributed by atoms with Crippen LogP contribution in [0.3, 0.4) is 0 Å². The van der Waals surface area contributed by atoms with Crippen molar-refractivity contribution in [1.82, 2.24) is 0 Å². The van der Waals surface area contributed by atoms with Crippen molar-refractivity contribution in [3.63, 3.8) is 0 Å². The maximum Gasteiger partial charge on any atom is 0.255 e. The molecule has 3 aromatic carbocycles. The SMILES string of the molecule is CCOc1cc(NC(=O)c2ccccc2)c(OCC)cc1NC(=O)CCc1ccc(OC)c(F)c1. The Morgan fingerprint density at radius 3 is 2.03 bits per heavy atom. The van der Waals surface area contributed by atoms with Crippen molar-refractivity contribution in [3.05, 3.63) is 77.6 Å². The second-order valence-electron chi connectivity index (χ2n) is 7.55. The maximum atomic E-state index is 13.9. The Bertz CT molecular complexity index is 1170. The van der Waals surface area contributed by atoms with E-state index in [4.69, 9.17) is 14.2 Å². The smallest absolute Gasteiger partial charge is 0.255 e. The largest absolute Gasteiger partial charge is 0.494 e. The summed E-state index contributed by atoms with van der Waals surface area (Å²) in [6.45, 7) is 4.36. The monoisotopic (exact) mass is 480 g/mol. The van der Waals surface area contributed by atoms with E-state index in [0.29, 0.717) is 53.6 Å². The zero-order valence-electron chi connectivity index (χ0n) is 20.0. The molecule has 0 aliphatic heterocycles. The van der Waals surface area contributed by atoms with Gasteiger partial charge in [0.25, 0.3) is 5.91 Å². The third-order valence-electron chi connectivity index (χ3n) is 5.10. The van der Waals surface area contributed by atoms with E-state index in [9.17, 15) is 14.0 Å². The minimum Gasteiger partial charge on any atom is -0.494 e. The fourth-order valence-electron chi connectivity index (χ4n) is 3.43. The Kier molecular flexibility index (Phi) is 9.06. The van der Waals surface area contributed by atoms with Gasteiger partial charge < -0.3 is 24.8 Å². The molecule has 0 radical (unpaired) electrons. The van der Waals surface area contributed by atoms with Crippen LogP contribution in [0.4, 0.5) is 15.8 Å². The lowest BCUT2D eigenvalue weighted by Gasteiger charge is -2.18. The number of benzene rings is 3. The van der Waals surface area contributed by atoms with Gasteiger partial charge in [0, 0.05) is 24.1 Å². The van der Waals surface area contributed by atoms with Crippen molar-refractivity contribution in [3.8, 4) is 17.2 Å². The van der Waals surface area contributed by atoms with Crippen LogP contribution in [0.1, 0.15) is 36.2 Å². The fraction of sp³-hybridized carbons (Fsp3) is 0.259. The summed E-state index contributed by atoms with van der Waals surface area (Å²) in [5, 5.41) is 5.69. The number of ether oxygens (including phenoxy) is 3. The van der Waals surface area contributed by atoms with Gasteiger partial charge in [-0.05, 0) is 50.1 Å². The molecule has 0 saturated heterocycles. The molecule has 2 N–H and O–H groups in total. The maximum absolute atomic E-state index is 13.9. The Labute approximate surface area is 204 Å². The van der Waals surface area contributed by atoms with Crippen molar-refractivity contribution in [2.24, 2.45) is 0 Å². The summed E-state index contributed by atoms with van der Waals surface area (Å²) in [6.07, 6.45) is 0.480. The molecule has 2 amide bonds. The first kappa shape index (κ1) is 25.6. The van der Waals surface area contributed by atoms with E-state index in [0.717, 1.165) is 0 Å². The molecule has 0 spiro atoms. The number of carbonyl (C=O) groups is 2. The fourth-order valence-corrected chi connectivity index (χ4v) is 3.43. The minimum atomic E-state index is -0.474. The first-order chi connectivity index (χ1) is 16.9. The van der Waals surface area contributed by atoms with Crippen molar-refractivity contribution < 1.29 is 28.2 Å². The van der Waals surface area contributed by atoms with Gasteiger partial charge in [-0.15, -0.1) is 0 Å². The lowest BCUT2D eigenvalue weighted by Crippen LogP contribution is -2.16. The second-order valence-corrected chi connectivity index (χ2v) is 7.55. The van der Waals surface area contributed by atoms with Gasteiger partial charge in [-0.25, -0.2) is 4.39 Å². The third-order valence-corrected chi connectivity index (χ3v) is 5.10. The van der Waals surface area contributed by atoms with Crippen molar-refractivity contribution >= 4 is 23.2 Å². The average molecular weight is 481 g/mol. The van der Waals surface area contributed by atoms with E-state index in [1.807, 2.05) is 19.9 Å². The van der Waals surface area contributed by atoms with Crippen LogP contribution in [0.5, 0.6) is 17.2 Å². The van der Waals surface area contributed by atoms with Crippen LogP contribution in [0, 0.1) is 5.82 Å². The summed E-state index contributed by atoms with van der Waals surface area (Å²) >= 11 is 0. The number of halogens is 1. The van der Waals surface area contributed by atoms with Gasteiger partial charge in [0.05, 0.1) is 31.7 Å². The van der Waals surface area contributed by atoms with E-state index in [1.54, 1.807) is 42.5 Å². The number of amides is 2. The van der Waals surface area contributed by atoms with Gasteiger partial charge in [-0.1, -0.05) is 24.3 Å². The summed E-state index contributed by atoms with van der Waals surface area (Å²) in [5.74, 6) is -0.0971.